The van der Waals surface area contributed by atoms with Gasteiger partial charge in [-0.05, 0) is 13.8 Å². The van der Waals surface area contributed by atoms with Crippen molar-refractivity contribution in [2.75, 3.05) is 7.11 Å². The van der Waals surface area contributed by atoms with Gasteiger partial charge in [0.05, 0.1) is 0 Å². The van der Waals surface area contributed by atoms with Gasteiger partial charge in [-0.25, -0.2) is 4.98 Å². The lowest BCUT2D eigenvalue weighted by molar-refractivity contribution is 0.0154. The minimum Gasteiger partial charge on any atom is -0.451 e. The normalized spacial score (nSPS) is 10.8. The molecule has 0 aliphatic rings. The Kier molecular flexibility index (Phi) is 3.26. The van der Waals surface area contributed by atoms with E-state index in [1.54, 1.807) is 13.4 Å². The Hall–Kier alpha value is -0.830. The van der Waals surface area contributed by atoms with Crippen LogP contribution in [0.5, 0.6) is 0 Å². The third-order valence-electron chi connectivity index (χ3n) is 1.56. The summed E-state index contributed by atoms with van der Waals surface area (Å²) in [4.78, 5) is 3.97. The van der Waals surface area contributed by atoms with Crippen molar-refractivity contribution in [3.8, 4) is 0 Å². The number of methoxy groups -OCH3 is 1. The molecule has 0 saturated heterocycles. The molecule has 0 N–H and O–H groups in total. The fourth-order valence-electron chi connectivity index (χ4n) is 0.614. The predicted molar refractivity (Wildman–Crippen MR) is 43.3 cm³/mol. The Morgan fingerprint density at radius 2 is 2.18 bits per heavy atom. The Morgan fingerprint density at radius 3 is 2.55 bits per heavy atom. The second kappa shape index (κ2) is 3.53. The first-order valence-electron chi connectivity index (χ1n) is 3.10. The molecular weight excluding hydrogens is 142 g/mol. The lowest BCUT2D eigenvalue weighted by Crippen LogP contribution is -2.19. The molecule has 3 nitrogen and oxygen atoms in total. The SMILES string of the molecule is C.COC(C)(C)c1cocn1. The lowest BCUT2D eigenvalue weighted by atomic mass is 10.1. The third-order valence-corrected chi connectivity index (χ3v) is 1.56. The van der Waals surface area contributed by atoms with Gasteiger partial charge in [0.15, 0.2) is 6.39 Å². The summed E-state index contributed by atoms with van der Waals surface area (Å²) < 4.78 is 9.97. The van der Waals surface area contributed by atoms with Crippen molar-refractivity contribution in [1.29, 1.82) is 0 Å². The molecule has 64 valence electrons. The van der Waals surface area contributed by atoms with E-state index in [0.717, 1.165) is 5.69 Å². The number of aromatic nitrogens is 1. The van der Waals surface area contributed by atoms with Crippen LogP contribution in [0.2, 0.25) is 0 Å². The van der Waals surface area contributed by atoms with Crippen LogP contribution in [0, 0.1) is 0 Å². The summed E-state index contributed by atoms with van der Waals surface area (Å²) in [6.45, 7) is 3.87. The van der Waals surface area contributed by atoms with Crippen LogP contribution in [0.4, 0.5) is 0 Å². The first kappa shape index (κ1) is 10.2. The maximum absolute atomic E-state index is 5.16. The highest BCUT2D eigenvalue weighted by Gasteiger charge is 2.21. The van der Waals surface area contributed by atoms with Crippen molar-refractivity contribution >= 4 is 0 Å². The Bertz CT molecular complexity index is 192. The van der Waals surface area contributed by atoms with E-state index in [9.17, 15) is 0 Å². The topological polar surface area (TPSA) is 35.3 Å². The molecule has 0 atom stereocenters. The summed E-state index contributed by atoms with van der Waals surface area (Å²) in [5, 5.41) is 0. The highest BCUT2D eigenvalue weighted by Crippen LogP contribution is 2.20. The lowest BCUT2D eigenvalue weighted by Gasteiger charge is -2.18. The summed E-state index contributed by atoms with van der Waals surface area (Å²) in [6, 6.07) is 0. The van der Waals surface area contributed by atoms with Crippen LogP contribution in [-0.2, 0) is 10.3 Å². The van der Waals surface area contributed by atoms with E-state index in [-0.39, 0.29) is 13.0 Å². The molecule has 0 unspecified atom stereocenters. The molecule has 0 aliphatic heterocycles. The standard InChI is InChI=1S/C7H11NO2.CH4/c1-7(2,9-3)6-4-10-5-8-6;/h4-5H,1-3H3;1H4. The fraction of sp³-hybridized carbons (Fsp3) is 0.625. The van der Waals surface area contributed by atoms with Gasteiger partial charge >= 0.3 is 0 Å². The molecule has 0 fully saturated rings. The maximum atomic E-state index is 5.16. The van der Waals surface area contributed by atoms with Crippen molar-refractivity contribution < 1.29 is 9.15 Å². The van der Waals surface area contributed by atoms with Crippen molar-refractivity contribution in [3.05, 3.63) is 18.4 Å². The average Bonchev–Trinajstić information content (AvgIpc) is 2.38. The molecule has 1 heterocycles. The number of oxazole rings is 1. The molecule has 0 radical (unpaired) electrons. The summed E-state index contributed by atoms with van der Waals surface area (Å²) >= 11 is 0. The van der Waals surface area contributed by atoms with Crippen LogP contribution < -0.4 is 0 Å². The zero-order valence-corrected chi connectivity index (χ0v) is 6.42. The zero-order chi connectivity index (χ0) is 7.61. The van der Waals surface area contributed by atoms with Gasteiger partial charge in [-0.3, -0.25) is 0 Å². The van der Waals surface area contributed by atoms with Crippen LogP contribution in [0.15, 0.2) is 17.1 Å². The molecule has 0 aliphatic carbocycles. The number of nitrogens with zero attached hydrogens (tertiary/aromatic N) is 1. The molecule has 3 heteroatoms. The highest BCUT2D eigenvalue weighted by molar-refractivity contribution is 5.02. The van der Waals surface area contributed by atoms with Gasteiger partial charge in [0.2, 0.25) is 0 Å². The Labute approximate surface area is 67.4 Å². The molecule has 0 bridgehead atoms. The van der Waals surface area contributed by atoms with E-state index in [1.807, 2.05) is 13.8 Å². The van der Waals surface area contributed by atoms with Gasteiger partial charge in [-0.15, -0.1) is 0 Å². The first-order valence-corrected chi connectivity index (χ1v) is 3.10. The van der Waals surface area contributed by atoms with Gasteiger partial charge in [0, 0.05) is 7.11 Å². The van der Waals surface area contributed by atoms with Gasteiger partial charge in [-0.2, -0.15) is 0 Å². The summed E-state index contributed by atoms with van der Waals surface area (Å²) in [5.41, 5.74) is 0.475. The quantitative estimate of drug-likeness (QED) is 0.660. The molecule has 0 aromatic carbocycles. The minimum absolute atomic E-state index is 0. The Morgan fingerprint density at radius 1 is 1.55 bits per heavy atom. The van der Waals surface area contributed by atoms with Crippen molar-refractivity contribution in [2.45, 2.75) is 26.9 Å². The minimum atomic E-state index is -0.340. The molecule has 0 spiro atoms. The third kappa shape index (κ3) is 2.05. The smallest absolute Gasteiger partial charge is 0.180 e. The molecule has 1 aromatic heterocycles. The van der Waals surface area contributed by atoms with E-state index in [2.05, 4.69) is 4.98 Å². The van der Waals surface area contributed by atoms with Gasteiger partial charge < -0.3 is 9.15 Å². The van der Waals surface area contributed by atoms with E-state index < -0.39 is 0 Å². The zero-order valence-electron chi connectivity index (χ0n) is 6.42. The van der Waals surface area contributed by atoms with Crippen LogP contribution in [0.25, 0.3) is 0 Å². The van der Waals surface area contributed by atoms with E-state index in [1.165, 1.54) is 6.39 Å². The number of rotatable bonds is 2. The first-order chi connectivity index (χ1) is 4.67. The van der Waals surface area contributed by atoms with Crippen LogP contribution >= 0.6 is 0 Å². The fourth-order valence-corrected chi connectivity index (χ4v) is 0.614. The average molecular weight is 157 g/mol. The van der Waals surface area contributed by atoms with Crippen molar-refractivity contribution in [2.24, 2.45) is 0 Å². The molecule has 0 saturated carbocycles. The highest BCUT2D eigenvalue weighted by atomic mass is 16.5. The number of ether oxygens (including phenoxy) is 1. The summed E-state index contributed by atoms with van der Waals surface area (Å²) in [6.07, 6.45) is 2.99. The molecular formula is C8H15NO2. The number of hydrogen-bond acceptors (Lipinski definition) is 3. The second-order valence-electron chi connectivity index (χ2n) is 2.59. The summed E-state index contributed by atoms with van der Waals surface area (Å²) in [5.74, 6) is 0. The largest absolute Gasteiger partial charge is 0.451 e. The van der Waals surface area contributed by atoms with Crippen LogP contribution in [0.3, 0.4) is 0 Å². The van der Waals surface area contributed by atoms with Gasteiger partial charge in [0.25, 0.3) is 0 Å². The maximum Gasteiger partial charge on any atom is 0.180 e. The molecule has 0 amide bonds. The van der Waals surface area contributed by atoms with Crippen LogP contribution in [-0.4, -0.2) is 12.1 Å². The van der Waals surface area contributed by atoms with Crippen LogP contribution in [0.1, 0.15) is 27.0 Å². The number of hydrogen-bond donors (Lipinski definition) is 0. The van der Waals surface area contributed by atoms with E-state index >= 15 is 0 Å². The van der Waals surface area contributed by atoms with Gasteiger partial charge in [-0.1, -0.05) is 7.43 Å². The molecule has 11 heavy (non-hydrogen) atoms. The summed E-state index contributed by atoms with van der Waals surface area (Å²) in [7, 11) is 1.65. The van der Waals surface area contributed by atoms with Crippen molar-refractivity contribution in [3.63, 3.8) is 0 Å². The van der Waals surface area contributed by atoms with Gasteiger partial charge in [0.1, 0.15) is 17.6 Å². The van der Waals surface area contributed by atoms with Crippen molar-refractivity contribution in [1.82, 2.24) is 4.98 Å². The predicted octanol–water partition coefficient (Wildman–Crippen LogP) is 2.19. The van der Waals surface area contributed by atoms with E-state index in [0.29, 0.717) is 0 Å². The monoisotopic (exact) mass is 157 g/mol. The van der Waals surface area contributed by atoms with E-state index in [4.69, 9.17) is 9.15 Å². The Balaban J connectivity index is 0.000001000. The molecule has 1 rings (SSSR count). The second-order valence-corrected chi connectivity index (χ2v) is 2.59. The molecule has 1 aromatic rings.